The van der Waals surface area contributed by atoms with E-state index in [0.717, 1.165) is 18.0 Å². The zero-order valence-electron chi connectivity index (χ0n) is 10.5. The van der Waals surface area contributed by atoms with E-state index in [2.05, 4.69) is 32.3 Å². The fraction of sp³-hybridized carbons (Fsp3) is 0.667. The summed E-state index contributed by atoms with van der Waals surface area (Å²) in [4.78, 5) is 11.5. The minimum atomic E-state index is -1.63. The predicted molar refractivity (Wildman–Crippen MR) is 66.5 cm³/mol. The lowest BCUT2D eigenvalue weighted by molar-refractivity contribution is -0.135. The molecule has 0 saturated carbocycles. The number of carbonyl (C=O) groups is 1. The molecular formula is C12H22O2Si. The predicted octanol–water partition coefficient (Wildman–Crippen LogP) is 3.31. The Morgan fingerprint density at radius 1 is 1.40 bits per heavy atom. The van der Waals surface area contributed by atoms with Crippen LogP contribution in [0.5, 0.6) is 0 Å². The van der Waals surface area contributed by atoms with Crippen molar-refractivity contribution >= 4 is 14.0 Å². The summed E-state index contributed by atoms with van der Waals surface area (Å²) in [7, 11) is -0.204. The van der Waals surface area contributed by atoms with Gasteiger partial charge < -0.3 is 4.74 Å². The molecule has 0 unspecified atom stereocenters. The van der Waals surface area contributed by atoms with E-state index in [0.29, 0.717) is 0 Å². The Labute approximate surface area is 94.0 Å². The molecule has 2 nitrogen and oxygen atoms in total. The lowest BCUT2D eigenvalue weighted by atomic mass is 10.2. The van der Waals surface area contributed by atoms with Crippen LogP contribution in [0.25, 0.3) is 0 Å². The van der Waals surface area contributed by atoms with Gasteiger partial charge in [0.1, 0.15) is 0 Å². The molecule has 0 rings (SSSR count). The number of hydrogen-bond acceptors (Lipinski definition) is 2. The molecule has 0 atom stereocenters. The van der Waals surface area contributed by atoms with Crippen LogP contribution in [0.3, 0.4) is 0 Å². The molecule has 15 heavy (non-hydrogen) atoms. The molecule has 0 aliphatic carbocycles. The summed E-state index contributed by atoms with van der Waals surface area (Å²) in [6.07, 6.45) is 5.27. The van der Waals surface area contributed by atoms with Gasteiger partial charge in [0.2, 0.25) is 0 Å². The van der Waals surface area contributed by atoms with Gasteiger partial charge >= 0.3 is 5.97 Å². The minimum Gasteiger partial charge on any atom is -0.465 e. The minimum absolute atomic E-state index is 0.220. The molecule has 0 aromatic carbocycles. The van der Waals surface area contributed by atoms with Gasteiger partial charge in [0.05, 0.1) is 20.4 Å². The van der Waals surface area contributed by atoms with Crippen LogP contribution < -0.4 is 0 Å². The van der Waals surface area contributed by atoms with Crippen molar-refractivity contribution in [2.75, 3.05) is 7.11 Å². The van der Waals surface area contributed by atoms with E-state index in [4.69, 9.17) is 4.74 Å². The molecule has 0 bridgehead atoms. The third-order valence-corrected chi connectivity index (χ3v) is 3.94. The molecule has 0 heterocycles. The van der Waals surface area contributed by atoms with Crippen LogP contribution in [0.15, 0.2) is 17.0 Å². The molecular weight excluding hydrogens is 204 g/mol. The Morgan fingerprint density at radius 3 is 2.40 bits per heavy atom. The maximum Gasteiger partial charge on any atom is 0.337 e. The summed E-state index contributed by atoms with van der Waals surface area (Å²) in [6, 6.07) is 0. The van der Waals surface area contributed by atoms with Crippen LogP contribution in [-0.2, 0) is 9.53 Å². The van der Waals surface area contributed by atoms with Gasteiger partial charge in [-0.05, 0) is 18.9 Å². The SMILES string of the molecule is CCCCC=C=C(C(=O)OC)[Si](C)(C)C. The van der Waals surface area contributed by atoms with Crippen molar-refractivity contribution in [2.45, 2.75) is 45.8 Å². The highest BCUT2D eigenvalue weighted by atomic mass is 28.3. The van der Waals surface area contributed by atoms with Gasteiger partial charge in [0.25, 0.3) is 0 Å². The van der Waals surface area contributed by atoms with E-state index < -0.39 is 8.07 Å². The quantitative estimate of drug-likeness (QED) is 0.236. The van der Waals surface area contributed by atoms with Crippen LogP contribution in [0, 0.1) is 0 Å². The van der Waals surface area contributed by atoms with Gasteiger partial charge in [0.15, 0.2) is 0 Å². The second-order valence-corrected chi connectivity index (χ2v) is 9.61. The number of hydrogen-bond donors (Lipinski definition) is 0. The maximum absolute atomic E-state index is 11.5. The van der Waals surface area contributed by atoms with Gasteiger partial charge in [-0.15, -0.1) is 5.73 Å². The molecule has 0 aromatic rings. The normalized spacial score (nSPS) is 10.5. The standard InChI is InChI=1S/C12H22O2Si/c1-6-7-8-9-10-11(12(13)14-2)15(3,4)5/h9H,6-8H2,1-5H3. The summed E-state index contributed by atoms with van der Waals surface area (Å²) in [5.74, 6) is -0.220. The van der Waals surface area contributed by atoms with E-state index in [1.165, 1.54) is 13.5 Å². The number of carbonyl (C=O) groups excluding carboxylic acids is 1. The van der Waals surface area contributed by atoms with E-state index in [1.54, 1.807) is 0 Å². The second kappa shape index (κ2) is 6.65. The molecule has 0 aromatic heterocycles. The Bertz CT molecular complexity index is 268. The van der Waals surface area contributed by atoms with Gasteiger partial charge in [-0.1, -0.05) is 33.0 Å². The Hall–Kier alpha value is -0.793. The van der Waals surface area contributed by atoms with Crippen molar-refractivity contribution in [3.8, 4) is 0 Å². The van der Waals surface area contributed by atoms with E-state index in [-0.39, 0.29) is 5.97 Å². The van der Waals surface area contributed by atoms with Gasteiger partial charge in [-0.2, -0.15) is 0 Å². The van der Waals surface area contributed by atoms with Crippen LogP contribution >= 0.6 is 0 Å². The topological polar surface area (TPSA) is 26.3 Å². The van der Waals surface area contributed by atoms with E-state index in [9.17, 15) is 4.79 Å². The molecule has 0 aliphatic heterocycles. The van der Waals surface area contributed by atoms with E-state index in [1.807, 2.05) is 6.08 Å². The maximum atomic E-state index is 11.5. The van der Waals surface area contributed by atoms with Crippen molar-refractivity contribution in [1.29, 1.82) is 0 Å². The first-order chi connectivity index (χ1) is 6.93. The number of rotatable bonds is 5. The molecule has 0 amide bonds. The third-order valence-electron chi connectivity index (χ3n) is 2.09. The van der Waals surface area contributed by atoms with Crippen LogP contribution in [0.2, 0.25) is 19.6 Å². The van der Waals surface area contributed by atoms with Crippen molar-refractivity contribution in [3.63, 3.8) is 0 Å². The van der Waals surface area contributed by atoms with Crippen molar-refractivity contribution in [1.82, 2.24) is 0 Å². The van der Waals surface area contributed by atoms with Gasteiger partial charge in [0, 0.05) is 0 Å². The van der Waals surface area contributed by atoms with Crippen molar-refractivity contribution in [2.24, 2.45) is 0 Å². The highest BCUT2D eigenvalue weighted by Gasteiger charge is 2.26. The first kappa shape index (κ1) is 14.2. The van der Waals surface area contributed by atoms with Crippen LogP contribution in [0.4, 0.5) is 0 Å². The summed E-state index contributed by atoms with van der Waals surface area (Å²) < 4.78 is 4.77. The lowest BCUT2D eigenvalue weighted by Gasteiger charge is -2.15. The summed E-state index contributed by atoms with van der Waals surface area (Å²) in [5, 5.41) is 0.751. The largest absolute Gasteiger partial charge is 0.465 e. The average molecular weight is 226 g/mol. The highest BCUT2D eigenvalue weighted by Crippen LogP contribution is 2.14. The van der Waals surface area contributed by atoms with E-state index >= 15 is 0 Å². The number of ether oxygens (including phenoxy) is 1. The summed E-state index contributed by atoms with van der Waals surface area (Å²) in [6.45, 7) is 8.52. The number of unbranched alkanes of at least 4 members (excludes halogenated alkanes) is 2. The fourth-order valence-electron chi connectivity index (χ4n) is 1.16. The van der Waals surface area contributed by atoms with Crippen molar-refractivity contribution < 1.29 is 9.53 Å². The van der Waals surface area contributed by atoms with Crippen LogP contribution in [-0.4, -0.2) is 21.2 Å². The zero-order valence-corrected chi connectivity index (χ0v) is 11.5. The molecule has 0 fully saturated rings. The van der Waals surface area contributed by atoms with Crippen molar-refractivity contribution in [3.05, 3.63) is 17.0 Å². The molecule has 0 spiro atoms. The lowest BCUT2D eigenvalue weighted by Crippen LogP contribution is -2.29. The second-order valence-electron chi connectivity index (χ2n) is 4.61. The summed E-state index contributed by atoms with van der Waals surface area (Å²) in [5.41, 5.74) is 3.12. The van der Waals surface area contributed by atoms with Crippen LogP contribution in [0.1, 0.15) is 26.2 Å². The highest BCUT2D eigenvalue weighted by molar-refractivity contribution is 6.86. The molecule has 0 radical (unpaired) electrons. The molecule has 0 aliphatic rings. The molecule has 86 valence electrons. The monoisotopic (exact) mass is 226 g/mol. The molecule has 0 N–H and O–H groups in total. The average Bonchev–Trinajstić information content (AvgIpc) is 2.15. The van der Waals surface area contributed by atoms with Gasteiger partial charge in [-0.25, -0.2) is 4.79 Å². The molecule has 3 heteroatoms. The number of methoxy groups -OCH3 is 1. The Morgan fingerprint density at radius 2 is 2.00 bits per heavy atom. The Balaban J connectivity index is 4.79. The van der Waals surface area contributed by atoms with Gasteiger partial charge in [-0.3, -0.25) is 0 Å². The smallest absolute Gasteiger partial charge is 0.337 e. The number of esters is 1. The first-order valence-corrected chi connectivity index (χ1v) is 8.97. The summed E-state index contributed by atoms with van der Waals surface area (Å²) >= 11 is 0. The zero-order chi connectivity index (χ0) is 11.9. The first-order valence-electron chi connectivity index (χ1n) is 5.47. The fourth-order valence-corrected chi connectivity index (χ4v) is 2.41. The third kappa shape index (κ3) is 5.60. The molecule has 0 saturated heterocycles. The Kier molecular flexibility index (Phi) is 6.30.